The topological polar surface area (TPSA) is 16.1 Å². The molecule has 0 amide bonds. The predicted molar refractivity (Wildman–Crippen MR) is 62.7 cm³/mol. The maximum atomic E-state index is 4.46. The molecule has 82 valence electrons. The number of likely N-dealkylation sites (tertiary alicyclic amines) is 1. The van der Waals surface area contributed by atoms with Crippen molar-refractivity contribution in [2.45, 2.75) is 39.2 Å². The van der Waals surface area contributed by atoms with Crippen molar-refractivity contribution in [2.75, 3.05) is 13.1 Å². The normalized spacial score (nSPS) is 18.7. The molecule has 1 aliphatic rings. The average Bonchev–Trinajstić information content (AvgIpc) is 2.50. The van der Waals surface area contributed by atoms with Crippen molar-refractivity contribution in [2.24, 2.45) is 0 Å². The smallest absolute Gasteiger partial charge is 0.0544 e. The third-order valence-electron chi connectivity index (χ3n) is 3.06. The lowest BCUT2D eigenvalue weighted by Crippen LogP contribution is -2.24. The molecule has 2 heterocycles. The van der Waals surface area contributed by atoms with E-state index in [1.54, 1.807) is 0 Å². The van der Waals surface area contributed by atoms with E-state index < -0.39 is 0 Å². The van der Waals surface area contributed by atoms with Crippen LogP contribution in [0.2, 0.25) is 0 Å². The zero-order valence-corrected chi connectivity index (χ0v) is 9.58. The van der Waals surface area contributed by atoms with Crippen LogP contribution in [0.25, 0.3) is 0 Å². The molecule has 1 aromatic rings. The highest BCUT2D eigenvalue weighted by Gasteiger charge is 2.09. The summed E-state index contributed by atoms with van der Waals surface area (Å²) in [6.07, 6.45) is 7.47. The quantitative estimate of drug-likeness (QED) is 0.736. The molecule has 0 unspecified atom stereocenters. The Morgan fingerprint density at radius 1 is 1.13 bits per heavy atom. The molecule has 1 aliphatic heterocycles. The van der Waals surface area contributed by atoms with Gasteiger partial charge in [-0.05, 0) is 44.5 Å². The van der Waals surface area contributed by atoms with Gasteiger partial charge in [0, 0.05) is 12.7 Å². The van der Waals surface area contributed by atoms with E-state index in [0.29, 0.717) is 0 Å². The van der Waals surface area contributed by atoms with Gasteiger partial charge in [-0.1, -0.05) is 18.9 Å². The van der Waals surface area contributed by atoms with Crippen LogP contribution in [0.3, 0.4) is 0 Å². The molecule has 1 fully saturated rings. The Kier molecular flexibility index (Phi) is 3.73. The molecule has 0 atom stereocenters. The molecule has 2 rings (SSSR count). The molecule has 15 heavy (non-hydrogen) atoms. The highest BCUT2D eigenvalue weighted by Crippen LogP contribution is 2.12. The number of pyridine rings is 1. The summed E-state index contributed by atoms with van der Waals surface area (Å²) >= 11 is 0. The molecule has 0 spiro atoms. The van der Waals surface area contributed by atoms with Gasteiger partial charge in [-0.2, -0.15) is 0 Å². The van der Waals surface area contributed by atoms with Gasteiger partial charge in [0.05, 0.1) is 5.69 Å². The number of hydrogen-bond donors (Lipinski definition) is 0. The first kappa shape index (κ1) is 10.6. The standard InChI is InChI=1S/C13H20N2/c1-12-6-7-13(14-10-12)11-15-8-4-2-3-5-9-15/h6-7,10H,2-5,8-9,11H2,1H3. The van der Waals surface area contributed by atoms with Gasteiger partial charge in [0.15, 0.2) is 0 Å². The number of aromatic nitrogens is 1. The fourth-order valence-electron chi connectivity index (χ4n) is 2.12. The van der Waals surface area contributed by atoms with Gasteiger partial charge >= 0.3 is 0 Å². The maximum absolute atomic E-state index is 4.46. The fraction of sp³-hybridized carbons (Fsp3) is 0.615. The van der Waals surface area contributed by atoms with Gasteiger partial charge in [-0.25, -0.2) is 0 Å². The van der Waals surface area contributed by atoms with Crippen LogP contribution in [-0.4, -0.2) is 23.0 Å². The van der Waals surface area contributed by atoms with Crippen molar-refractivity contribution in [3.05, 3.63) is 29.6 Å². The van der Waals surface area contributed by atoms with Crippen LogP contribution < -0.4 is 0 Å². The molecule has 2 heteroatoms. The highest BCUT2D eigenvalue weighted by atomic mass is 15.1. The van der Waals surface area contributed by atoms with E-state index in [-0.39, 0.29) is 0 Å². The molecular formula is C13H20N2. The lowest BCUT2D eigenvalue weighted by Gasteiger charge is -2.18. The van der Waals surface area contributed by atoms with Crippen LogP contribution in [0.15, 0.2) is 18.3 Å². The summed E-state index contributed by atoms with van der Waals surface area (Å²) in [5.41, 5.74) is 2.46. The number of hydrogen-bond acceptors (Lipinski definition) is 2. The molecule has 0 aliphatic carbocycles. The first-order valence-corrected chi connectivity index (χ1v) is 5.98. The second-order valence-corrected chi connectivity index (χ2v) is 4.52. The van der Waals surface area contributed by atoms with Gasteiger partial charge in [0.25, 0.3) is 0 Å². The molecule has 0 radical (unpaired) electrons. The second kappa shape index (κ2) is 5.26. The zero-order chi connectivity index (χ0) is 10.5. The van der Waals surface area contributed by atoms with Gasteiger partial charge < -0.3 is 0 Å². The largest absolute Gasteiger partial charge is 0.298 e. The van der Waals surface area contributed by atoms with Gasteiger partial charge in [-0.15, -0.1) is 0 Å². The van der Waals surface area contributed by atoms with Crippen LogP contribution >= 0.6 is 0 Å². The first-order chi connectivity index (χ1) is 7.34. The molecule has 2 nitrogen and oxygen atoms in total. The number of nitrogens with zero attached hydrogens (tertiary/aromatic N) is 2. The molecule has 0 N–H and O–H groups in total. The Bertz CT molecular complexity index is 284. The summed E-state index contributed by atoms with van der Waals surface area (Å²) in [6, 6.07) is 4.31. The van der Waals surface area contributed by atoms with Gasteiger partial charge in [0.2, 0.25) is 0 Å². The van der Waals surface area contributed by atoms with Gasteiger partial charge in [-0.3, -0.25) is 9.88 Å². The Morgan fingerprint density at radius 2 is 1.87 bits per heavy atom. The van der Waals surface area contributed by atoms with E-state index in [9.17, 15) is 0 Å². The van der Waals surface area contributed by atoms with Gasteiger partial charge in [0.1, 0.15) is 0 Å². The average molecular weight is 204 g/mol. The van der Waals surface area contributed by atoms with Crippen molar-refractivity contribution >= 4 is 0 Å². The maximum Gasteiger partial charge on any atom is 0.0544 e. The minimum Gasteiger partial charge on any atom is -0.298 e. The predicted octanol–water partition coefficient (Wildman–Crippen LogP) is 2.77. The van der Waals surface area contributed by atoms with E-state index in [0.717, 1.165) is 6.54 Å². The molecule has 0 aromatic carbocycles. The summed E-state index contributed by atoms with van der Waals surface area (Å²) in [7, 11) is 0. The highest BCUT2D eigenvalue weighted by molar-refractivity contribution is 5.12. The van der Waals surface area contributed by atoms with E-state index in [1.165, 1.54) is 50.0 Å². The van der Waals surface area contributed by atoms with Crippen molar-refractivity contribution in [3.63, 3.8) is 0 Å². The molecule has 0 bridgehead atoms. The lowest BCUT2D eigenvalue weighted by molar-refractivity contribution is 0.273. The second-order valence-electron chi connectivity index (χ2n) is 4.52. The Hall–Kier alpha value is -0.890. The van der Waals surface area contributed by atoms with Crippen LogP contribution in [0, 0.1) is 6.92 Å². The summed E-state index contributed by atoms with van der Waals surface area (Å²) in [5.74, 6) is 0. The molecule has 1 saturated heterocycles. The SMILES string of the molecule is Cc1ccc(CN2CCCCCC2)nc1. The van der Waals surface area contributed by atoms with E-state index in [4.69, 9.17) is 0 Å². The zero-order valence-electron chi connectivity index (χ0n) is 9.58. The minimum atomic E-state index is 1.03. The Labute approximate surface area is 92.3 Å². The van der Waals surface area contributed by atoms with Crippen molar-refractivity contribution in [1.82, 2.24) is 9.88 Å². The Balaban J connectivity index is 1.92. The monoisotopic (exact) mass is 204 g/mol. The van der Waals surface area contributed by atoms with Crippen LogP contribution in [0.5, 0.6) is 0 Å². The van der Waals surface area contributed by atoms with Crippen molar-refractivity contribution < 1.29 is 0 Å². The lowest BCUT2D eigenvalue weighted by atomic mass is 10.2. The third kappa shape index (κ3) is 3.31. The van der Waals surface area contributed by atoms with Crippen LogP contribution in [0.4, 0.5) is 0 Å². The third-order valence-corrected chi connectivity index (χ3v) is 3.06. The molecule has 0 saturated carbocycles. The van der Waals surface area contributed by atoms with E-state index >= 15 is 0 Å². The fourth-order valence-corrected chi connectivity index (χ4v) is 2.12. The Morgan fingerprint density at radius 3 is 2.47 bits per heavy atom. The van der Waals surface area contributed by atoms with Crippen molar-refractivity contribution in [1.29, 1.82) is 0 Å². The van der Waals surface area contributed by atoms with E-state index in [1.807, 2.05) is 6.20 Å². The summed E-state index contributed by atoms with van der Waals surface area (Å²) < 4.78 is 0. The minimum absolute atomic E-state index is 1.03. The number of aryl methyl sites for hydroxylation is 1. The molecule has 1 aromatic heterocycles. The summed E-state index contributed by atoms with van der Waals surface area (Å²) in [5, 5.41) is 0. The molecular weight excluding hydrogens is 184 g/mol. The summed E-state index contributed by atoms with van der Waals surface area (Å²) in [6.45, 7) is 5.61. The first-order valence-electron chi connectivity index (χ1n) is 5.98. The van der Waals surface area contributed by atoms with Crippen molar-refractivity contribution in [3.8, 4) is 0 Å². The van der Waals surface area contributed by atoms with Crippen LogP contribution in [0.1, 0.15) is 36.9 Å². The summed E-state index contributed by atoms with van der Waals surface area (Å²) in [4.78, 5) is 6.99. The van der Waals surface area contributed by atoms with Crippen LogP contribution in [-0.2, 0) is 6.54 Å². The number of rotatable bonds is 2. The van der Waals surface area contributed by atoms with E-state index in [2.05, 4.69) is 28.9 Å².